The number of hydrogen-bond donors (Lipinski definition) is 3. The Morgan fingerprint density at radius 2 is 1.90 bits per heavy atom. The fourth-order valence-electron chi connectivity index (χ4n) is 3.03. The average molecular weight is 439 g/mol. The molecule has 31 heavy (non-hydrogen) atoms. The highest BCUT2D eigenvalue weighted by Crippen LogP contribution is 2.27. The van der Waals surface area contributed by atoms with E-state index in [4.69, 9.17) is 22.7 Å². The van der Waals surface area contributed by atoms with Crippen LogP contribution in [0, 0.1) is 5.92 Å². The van der Waals surface area contributed by atoms with Crippen LogP contribution in [0.15, 0.2) is 64.8 Å². The van der Waals surface area contributed by atoms with Gasteiger partial charge in [0.25, 0.3) is 11.8 Å². The van der Waals surface area contributed by atoms with Crippen LogP contribution in [0.5, 0.6) is 5.75 Å². The van der Waals surface area contributed by atoms with Crippen LogP contribution >= 0.6 is 12.2 Å². The van der Waals surface area contributed by atoms with Crippen molar-refractivity contribution in [2.75, 3.05) is 16.9 Å². The molecule has 2 amide bonds. The summed E-state index contributed by atoms with van der Waals surface area (Å²) in [5.74, 6) is -1.55. The van der Waals surface area contributed by atoms with E-state index in [0.717, 1.165) is 0 Å². The molecule has 0 radical (unpaired) electrons. The van der Waals surface area contributed by atoms with E-state index in [1.807, 2.05) is 13.0 Å². The molecule has 3 rings (SSSR count). The molecule has 1 atom stereocenters. The Bertz CT molecular complexity index is 1050. The molecule has 1 aliphatic rings. The van der Waals surface area contributed by atoms with Crippen molar-refractivity contribution < 1.29 is 14.3 Å². The zero-order valence-electron chi connectivity index (χ0n) is 17.0. The maximum atomic E-state index is 13.2. The average Bonchev–Trinajstić information content (AvgIpc) is 3.05. The number of ether oxygens (including phenoxy) is 1. The SMILES string of the molecule is CCOc1ccccc1NC(=O)/C(=N/NC(N)=S)[C@@H]1C(=O)N(c2ccccc2)N=C1C. The van der Waals surface area contributed by atoms with E-state index < -0.39 is 17.7 Å². The molecule has 0 saturated heterocycles. The summed E-state index contributed by atoms with van der Waals surface area (Å²) in [6, 6.07) is 15.9. The third kappa shape index (κ3) is 5.04. The maximum Gasteiger partial charge on any atom is 0.273 e. The van der Waals surface area contributed by atoms with Gasteiger partial charge in [-0.25, -0.2) is 0 Å². The predicted molar refractivity (Wildman–Crippen MR) is 124 cm³/mol. The molecule has 1 heterocycles. The van der Waals surface area contributed by atoms with E-state index in [0.29, 0.717) is 29.4 Å². The number of thiocarbonyl (C=S) groups is 1. The number of carbonyl (C=O) groups is 2. The molecule has 2 aromatic carbocycles. The van der Waals surface area contributed by atoms with Crippen LogP contribution in [0.3, 0.4) is 0 Å². The molecule has 0 fully saturated rings. The molecule has 10 heteroatoms. The largest absolute Gasteiger partial charge is 0.492 e. The highest BCUT2D eigenvalue weighted by molar-refractivity contribution is 7.80. The number of rotatable bonds is 7. The number of hydrogen-bond acceptors (Lipinski definition) is 6. The van der Waals surface area contributed by atoms with Crippen molar-refractivity contribution in [3.05, 3.63) is 54.6 Å². The standard InChI is InChI=1S/C21H22N6O3S/c1-3-30-16-12-8-7-11-15(16)23-19(28)18(24-25-21(22)31)17-13(2)26-27(20(17)29)14-9-5-4-6-10-14/h4-12,17H,3H2,1-2H3,(H,23,28)(H3,22,25,31)/b24-18+/t17-/m1/s1. The van der Waals surface area contributed by atoms with Crippen molar-refractivity contribution >= 4 is 51.9 Å². The first kappa shape index (κ1) is 21.9. The van der Waals surface area contributed by atoms with E-state index in [9.17, 15) is 9.59 Å². The van der Waals surface area contributed by atoms with Crippen molar-refractivity contribution in [1.82, 2.24) is 5.43 Å². The summed E-state index contributed by atoms with van der Waals surface area (Å²) in [5, 5.41) is 12.2. The van der Waals surface area contributed by atoms with E-state index in [1.54, 1.807) is 55.5 Å². The van der Waals surface area contributed by atoms with Gasteiger partial charge in [-0.15, -0.1) is 0 Å². The molecule has 0 aliphatic carbocycles. The van der Waals surface area contributed by atoms with Crippen LogP contribution in [0.4, 0.5) is 11.4 Å². The van der Waals surface area contributed by atoms with Crippen LogP contribution in [0.2, 0.25) is 0 Å². The Hall–Kier alpha value is -3.79. The first-order chi connectivity index (χ1) is 14.9. The van der Waals surface area contributed by atoms with Crippen LogP contribution in [-0.2, 0) is 9.59 Å². The van der Waals surface area contributed by atoms with Gasteiger partial charge in [0.2, 0.25) is 0 Å². The van der Waals surface area contributed by atoms with E-state index >= 15 is 0 Å². The maximum absolute atomic E-state index is 13.2. The second-order valence-electron chi connectivity index (χ2n) is 6.52. The summed E-state index contributed by atoms with van der Waals surface area (Å²) < 4.78 is 5.55. The van der Waals surface area contributed by atoms with Crippen LogP contribution < -0.4 is 26.2 Å². The van der Waals surface area contributed by atoms with Crippen LogP contribution in [0.1, 0.15) is 13.8 Å². The predicted octanol–water partition coefficient (Wildman–Crippen LogP) is 2.25. The lowest BCUT2D eigenvalue weighted by Gasteiger charge is -2.17. The summed E-state index contributed by atoms with van der Waals surface area (Å²) >= 11 is 4.80. The topological polar surface area (TPSA) is 121 Å². The third-order valence-corrected chi connectivity index (χ3v) is 4.45. The Kier molecular flexibility index (Phi) is 6.93. The van der Waals surface area contributed by atoms with Crippen molar-refractivity contribution in [3.63, 3.8) is 0 Å². The lowest BCUT2D eigenvalue weighted by atomic mass is 9.97. The summed E-state index contributed by atoms with van der Waals surface area (Å²) in [5.41, 5.74) is 9.19. The number of carbonyl (C=O) groups excluding carboxylic acids is 2. The summed E-state index contributed by atoms with van der Waals surface area (Å²) in [7, 11) is 0. The summed E-state index contributed by atoms with van der Waals surface area (Å²) in [4.78, 5) is 26.3. The van der Waals surface area contributed by atoms with Gasteiger partial charge < -0.3 is 15.8 Å². The van der Waals surface area contributed by atoms with Gasteiger partial charge in [0.15, 0.2) is 5.11 Å². The molecule has 0 bridgehead atoms. The summed E-state index contributed by atoms with van der Waals surface area (Å²) in [6.45, 7) is 3.92. The van der Waals surface area contributed by atoms with Crippen molar-refractivity contribution in [1.29, 1.82) is 0 Å². The smallest absolute Gasteiger partial charge is 0.273 e. The fraction of sp³-hybridized carbons (Fsp3) is 0.190. The molecule has 2 aromatic rings. The molecular formula is C21H22N6O3S. The molecule has 0 spiro atoms. The quantitative estimate of drug-likeness (QED) is 0.346. The number of anilines is 2. The number of para-hydroxylation sites is 3. The molecule has 0 unspecified atom stereocenters. The van der Waals surface area contributed by atoms with E-state index in [-0.39, 0.29) is 10.8 Å². The lowest BCUT2D eigenvalue weighted by Crippen LogP contribution is -2.41. The normalized spacial score (nSPS) is 16.0. The molecule has 1 aliphatic heterocycles. The Balaban J connectivity index is 1.92. The van der Waals surface area contributed by atoms with Crippen molar-refractivity contribution in [2.45, 2.75) is 13.8 Å². The second-order valence-corrected chi connectivity index (χ2v) is 6.96. The van der Waals surface area contributed by atoms with Crippen molar-refractivity contribution in [2.24, 2.45) is 21.9 Å². The minimum Gasteiger partial charge on any atom is -0.492 e. The fourth-order valence-corrected chi connectivity index (χ4v) is 3.08. The zero-order chi connectivity index (χ0) is 22.4. The molecule has 160 valence electrons. The van der Waals surface area contributed by atoms with Gasteiger partial charge in [-0.1, -0.05) is 30.3 Å². The van der Waals surface area contributed by atoms with Gasteiger partial charge in [-0.05, 0) is 50.3 Å². The summed E-state index contributed by atoms with van der Waals surface area (Å²) in [6.07, 6.45) is 0. The molecule has 4 N–H and O–H groups in total. The minimum atomic E-state index is -1.01. The van der Waals surface area contributed by atoms with Gasteiger partial charge in [-0.3, -0.25) is 15.0 Å². The Morgan fingerprint density at radius 3 is 2.58 bits per heavy atom. The first-order valence-corrected chi connectivity index (χ1v) is 9.93. The number of nitrogens with one attached hydrogen (secondary N) is 2. The molecule has 0 saturated carbocycles. The van der Waals surface area contributed by atoms with Crippen LogP contribution in [-0.4, -0.2) is 35.0 Å². The number of nitrogens with two attached hydrogens (primary N) is 1. The number of nitrogens with zero attached hydrogens (tertiary/aromatic N) is 3. The molecular weight excluding hydrogens is 416 g/mol. The van der Waals surface area contributed by atoms with Gasteiger partial charge in [0, 0.05) is 0 Å². The highest BCUT2D eigenvalue weighted by Gasteiger charge is 2.41. The number of hydrazone groups is 2. The number of amides is 2. The van der Waals surface area contributed by atoms with Gasteiger partial charge in [0.1, 0.15) is 17.4 Å². The van der Waals surface area contributed by atoms with E-state index in [1.165, 1.54) is 5.01 Å². The Labute approximate surface area is 184 Å². The van der Waals surface area contributed by atoms with Crippen LogP contribution in [0.25, 0.3) is 0 Å². The monoisotopic (exact) mass is 438 g/mol. The lowest BCUT2D eigenvalue weighted by molar-refractivity contribution is -0.119. The molecule has 0 aromatic heterocycles. The second kappa shape index (κ2) is 9.81. The van der Waals surface area contributed by atoms with Crippen molar-refractivity contribution in [3.8, 4) is 5.75 Å². The number of benzene rings is 2. The van der Waals surface area contributed by atoms with Gasteiger partial charge >= 0.3 is 0 Å². The third-order valence-electron chi connectivity index (χ3n) is 4.36. The Morgan fingerprint density at radius 1 is 1.23 bits per heavy atom. The zero-order valence-corrected chi connectivity index (χ0v) is 17.8. The highest BCUT2D eigenvalue weighted by atomic mass is 32.1. The minimum absolute atomic E-state index is 0.121. The van der Waals surface area contributed by atoms with Gasteiger partial charge in [-0.2, -0.15) is 15.2 Å². The molecule has 9 nitrogen and oxygen atoms in total. The first-order valence-electron chi connectivity index (χ1n) is 9.52. The van der Waals surface area contributed by atoms with E-state index in [2.05, 4.69) is 20.9 Å². The van der Waals surface area contributed by atoms with Gasteiger partial charge in [0.05, 0.1) is 23.7 Å².